The zero-order valence-electron chi connectivity index (χ0n) is 14.9. The fourth-order valence-corrected chi connectivity index (χ4v) is 3.29. The van der Waals surface area contributed by atoms with Crippen molar-refractivity contribution in [3.63, 3.8) is 0 Å². The number of anilines is 1. The Morgan fingerprint density at radius 3 is 2.19 bits per heavy atom. The average molecular weight is 363 g/mol. The van der Waals surface area contributed by atoms with Gasteiger partial charge in [-0.05, 0) is 61.0 Å². The molecule has 0 spiro atoms. The molecule has 1 N–H and O–H groups in total. The zero-order chi connectivity index (χ0) is 18.4. The van der Waals surface area contributed by atoms with E-state index in [0.29, 0.717) is 5.56 Å². The third kappa shape index (κ3) is 4.90. The van der Waals surface area contributed by atoms with Crippen molar-refractivity contribution >= 4 is 23.4 Å². The largest absolute Gasteiger partial charge is 0.497 e. The highest BCUT2D eigenvalue weighted by Gasteiger charge is 2.06. The molecule has 4 heteroatoms. The third-order valence-electron chi connectivity index (χ3n) is 3.99. The lowest BCUT2D eigenvalue weighted by Gasteiger charge is -2.07. The van der Waals surface area contributed by atoms with Gasteiger partial charge in [0.15, 0.2) is 0 Å². The maximum absolute atomic E-state index is 12.3. The molecule has 0 bridgehead atoms. The molecule has 3 aromatic carbocycles. The van der Waals surface area contributed by atoms with Crippen molar-refractivity contribution < 1.29 is 9.53 Å². The highest BCUT2D eigenvalue weighted by molar-refractivity contribution is 7.98. The van der Waals surface area contributed by atoms with Gasteiger partial charge in [-0.25, -0.2) is 0 Å². The Morgan fingerprint density at radius 2 is 1.58 bits per heavy atom. The normalized spacial score (nSPS) is 10.4. The summed E-state index contributed by atoms with van der Waals surface area (Å²) in [6.07, 6.45) is 0. The van der Waals surface area contributed by atoms with Gasteiger partial charge in [-0.15, -0.1) is 11.8 Å². The molecule has 0 atom stereocenters. The second-order valence-corrected chi connectivity index (χ2v) is 7.03. The van der Waals surface area contributed by atoms with Gasteiger partial charge >= 0.3 is 0 Å². The molecular weight excluding hydrogens is 342 g/mol. The first kappa shape index (κ1) is 18.1. The molecule has 0 saturated heterocycles. The number of thioether (sulfide) groups is 1. The first-order valence-electron chi connectivity index (χ1n) is 8.38. The van der Waals surface area contributed by atoms with Crippen LogP contribution in [0.4, 0.5) is 5.69 Å². The van der Waals surface area contributed by atoms with Gasteiger partial charge in [0.05, 0.1) is 7.11 Å². The Morgan fingerprint density at radius 1 is 0.923 bits per heavy atom. The van der Waals surface area contributed by atoms with Crippen LogP contribution >= 0.6 is 11.8 Å². The molecule has 3 nitrogen and oxygen atoms in total. The maximum atomic E-state index is 12.3. The van der Waals surface area contributed by atoms with Crippen molar-refractivity contribution in [1.82, 2.24) is 0 Å². The standard InChI is InChI=1S/C22H21NO2S/c1-16-3-13-21(14-4-16)26-15-17-5-7-18(8-6-17)22(24)23-19-9-11-20(25-2)12-10-19/h3-14H,15H2,1-2H3,(H,23,24). The predicted octanol–water partition coefficient (Wildman–Crippen LogP) is 5.55. The monoisotopic (exact) mass is 363 g/mol. The van der Waals surface area contributed by atoms with Crippen molar-refractivity contribution in [2.24, 2.45) is 0 Å². The van der Waals surface area contributed by atoms with Crippen LogP contribution in [0.1, 0.15) is 21.5 Å². The zero-order valence-corrected chi connectivity index (χ0v) is 15.7. The second-order valence-electron chi connectivity index (χ2n) is 5.98. The predicted molar refractivity (Wildman–Crippen MR) is 108 cm³/mol. The number of carbonyl (C=O) groups is 1. The smallest absolute Gasteiger partial charge is 0.255 e. The lowest BCUT2D eigenvalue weighted by molar-refractivity contribution is 0.102. The summed E-state index contributed by atoms with van der Waals surface area (Å²) in [5, 5.41) is 2.89. The van der Waals surface area contributed by atoms with E-state index in [1.165, 1.54) is 16.0 Å². The minimum atomic E-state index is -0.118. The molecule has 0 aliphatic carbocycles. The Hall–Kier alpha value is -2.72. The van der Waals surface area contributed by atoms with Gasteiger partial charge in [0.25, 0.3) is 5.91 Å². The lowest BCUT2D eigenvalue weighted by Crippen LogP contribution is -2.11. The lowest BCUT2D eigenvalue weighted by atomic mass is 10.1. The van der Waals surface area contributed by atoms with Gasteiger partial charge in [-0.3, -0.25) is 4.79 Å². The summed E-state index contributed by atoms with van der Waals surface area (Å²) in [6.45, 7) is 2.09. The molecule has 0 unspecified atom stereocenters. The van der Waals surface area contributed by atoms with E-state index in [0.717, 1.165) is 17.2 Å². The van der Waals surface area contributed by atoms with Crippen LogP contribution in [-0.4, -0.2) is 13.0 Å². The number of carbonyl (C=O) groups excluding carboxylic acids is 1. The van der Waals surface area contributed by atoms with E-state index in [-0.39, 0.29) is 5.91 Å². The number of nitrogens with one attached hydrogen (secondary N) is 1. The average Bonchev–Trinajstić information content (AvgIpc) is 2.68. The van der Waals surface area contributed by atoms with Crippen LogP contribution < -0.4 is 10.1 Å². The molecule has 132 valence electrons. The molecule has 0 fully saturated rings. The highest BCUT2D eigenvalue weighted by atomic mass is 32.2. The molecule has 0 radical (unpaired) electrons. The first-order chi connectivity index (χ1) is 12.6. The second kappa shape index (κ2) is 8.59. The Kier molecular flexibility index (Phi) is 5.97. The van der Waals surface area contributed by atoms with Gasteiger partial charge in [0.2, 0.25) is 0 Å². The first-order valence-corrected chi connectivity index (χ1v) is 9.36. The fourth-order valence-electron chi connectivity index (χ4n) is 2.43. The number of benzene rings is 3. The van der Waals surface area contributed by atoms with Gasteiger partial charge < -0.3 is 10.1 Å². The fraction of sp³-hybridized carbons (Fsp3) is 0.136. The van der Waals surface area contributed by atoms with Crippen molar-refractivity contribution in [1.29, 1.82) is 0 Å². The summed E-state index contributed by atoms with van der Waals surface area (Å²) in [7, 11) is 1.62. The van der Waals surface area contributed by atoms with E-state index in [4.69, 9.17) is 4.74 Å². The van der Waals surface area contributed by atoms with Gasteiger partial charge in [-0.2, -0.15) is 0 Å². The third-order valence-corrected chi connectivity index (χ3v) is 5.07. The van der Waals surface area contributed by atoms with Crippen LogP contribution in [0, 0.1) is 6.92 Å². The van der Waals surface area contributed by atoms with E-state index in [9.17, 15) is 4.79 Å². The molecule has 0 saturated carbocycles. The number of aryl methyl sites for hydroxylation is 1. The topological polar surface area (TPSA) is 38.3 Å². The summed E-state index contributed by atoms with van der Waals surface area (Å²) in [5.74, 6) is 1.52. The van der Waals surface area contributed by atoms with Crippen LogP contribution in [0.15, 0.2) is 77.7 Å². The molecule has 3 aromatic rings. The summed E-state index contributed by atoms with van der Waals surface area (Å²) < 4.78 is 5.12. The summed E-state index contributed by atoms with van der Waals surface area (Å²) in [6, 6.07) is 23.5. The number of ether oxygens (including phenoxy) is 1. The summed E-state index contributed by atoms with van der Waals surface area (Å²) in [4.78, 5) is 13.6. The van der Waals surface area contributed by atoms with E-state index in [1.807, 2.05) is 48.5 Å². The van der Waals surface area contributed by atoms with E-state index >= 15 is 0 Å². The van der Waals surface area contributed by atoms with E-state index in [2.05, 4.69) is 36.5 Å². The van der Waals surface area contributed by atoms with E-state index < -0.39 is 0 Å². The molecule has 1 amide bonds. The van der Waals surface area contributed by atoms with Crippen LogP contribution in [0.5, 0.6) is 5.75 Å². The van der Waals surface area contributed by atoms with Crippen LogP contribution in [0.25, 0.3) is 0 Å². The van der Waals surface area contributed by atoms with E-state index in [1.54, 1.807) is 18.9 Å². The number of methoxy groups -OCH3 is 1. The highest BCUT2D eigenvalue weighted by Crippen LogP contribution is 2.23. The SMILES string of the molecule is COc1ccc(NC(=O)c2ccc(CSc3ccc(C)cc3)cc2)cc1. The molecular formula is C22H21NO2S. The Balaban J connectivity index is 1.57. The van der Waals surface area contributed by atoms with Gasteiger partial charge in [0.1, 0.15) is 5.75 Å². The Labute approximate surface area is 158 Å². The minimum Gasteiger partial charge on any atom is -0.497 e. The van der Waals surface area contributed by atoms with Crippen molar-refractivity contribution in [2.75, 3.05) is 12.4 Å². The molecule has 26 heavy (non-hydrogen) atoms. The van der Waals surface area contributed by atoms with Gasteiger partial charge in [-0.1, -0.05) is 29.8 Å². The number of rotatable bonds is 6. The van der Waals surface area contributed by atoms with Crippen LogP contribution in [-0.2, 0) is 5.75 Å². The van der Waals surface area contributed by atoms with Crippen LogP contribution in [0.2, 0.25) is 0 Å². The molecule has 0 aliphatic heterocycles. The number of hydrogen-bond donors (Lipinski definition) is 1. The quantitative estimate of drug-likeness (QED) is 0.584. The molecule has 3 rings (SSSR count). The van der Waals surface area contributed by atoms with Crippen molar-refractivity contribution in [3.05, 3.63) is 89.5 Å². The van der Waals surface area contributed by atoms with Crippen molar-refractivity contribution in [2.45, 2.75) is 17.6 Å². The summed E-state index contributed by atoms with van der Waals surface area (Å²) >= 11 is 1.79. The number of amides is 1. The number of hydrogen-bond acceptors (Lipinski definition) is 3. The van der Waals surface area contributed by atoms with Crippen molar-refractivity contribution in [3.8, 4) is 5.75 Å². The molecule has 0 aromatic heterocycles. The van der Waals surface area contributed by atoms with Gasteiger partial charge in [0, 0.05) is 21.9 Å². The summed E-state index contributed by atoms with van der Waals surface area (Å²) in [5.41, 5.74) is 3.85. The molecule has 0 heterocycles. The Bertz CT molecular complexity index is 856. The maximum Gasteiger partial charge on any atom is 0.255 e. The molecule has 0 aliphatic rings. The minimum absolute atomic E-state index is 0.118. The van der Waals surface area contributed by atoms with Crippen LogP contribution in [0.3, 0.4) is 0 Å².